The Morgan fingerprint density at radius 3 is 2.76 bits per heavy atom. The second-order valence-corrected chi connectivity index (χ2v) is 8.94. The zero-order chi connectivity index (χ0) is 23.1. The number of benzene rings is 2. The number of β-amino-alcohol motifs (C(OH)–C–C–N with tert-alkyl or cyclic N) is 1. The highest BCUT2D eigenvalue weighted by molar-refractivity contribution is 5.91. The number of pyridine rings is 1. The number of fused-ring (bicyclic) bond motifs is 5. The topological polar surface area (TPSA) is 73.5 Å². The van der Waals surface area contributed by atoms with Crippen molar-refractivity contribution in [2.24, 2.45) is 0 Å². The van der Waals surface area contributed by atoms with Crippen molar-refractivity contribution in [1.82, 2.24) is 4.90 Å². The van der Waals surface area contributed by atoms with Gasteiger partial charge >= 0.3 is 0 Å². The molecule has 0 aliphatic carbocycles. The monoisotopic (exact) mass is 465 g/mol. The lowest BCUT2D eigenvalue weighted by atomic mass is 9.95. The van der Waals surface area contributed by atoms with Gasteiger partial charge in [0.2, 0.25) is 12.5 Å². The van der Waals surface area contributed by atoms with E-state index in [1.54, 1.807) is 7.11 Å². The average molecular weight is 466 g/mol. The highest BCUT2D eigenvalue weighted by Gasteiger charge is 2.29. The lowest BCUT2D eigenvalue weighted by Crippen LogP contribution is -2.42. The van der Waals surface area contributed by atoms with E-state index < -0.39 is 6.10 Å². The third-order valence-electron chi connectivity index (χ3n) is 6.79. The van der Waals surface area contributed by atoms with Gasteiger partial charge in [-0.15, -0.1) is 0 Å². The van der Waals surface area contributed by atoms with Gasteiger partial charge in [-0.1, -0.05) is 0 Å². The first kappa shape index (κ1) is 21.5. The van der Waals surface area contributed by atoms with Crippen LogP contribution in [0.3, 0.4) is 0 Å². The van der Waals surface area contributed by atoms with Crippen molar-refractivity contribution >= 4 is 10.8 Å². The zero-order valence-electron chi connectivity index (χ0n) is 19.3. The van der Waals surface area contributed by atoms with Gasteiger partial charge in [0.15, 0.2) is 35.7 Å². The molecule has 1 saturated heterocycles. The van der Waals surface area contributed by atoms with Gasteiger partial charge in [-0.3, -0.25) is 4.90 Å². The first-order chi connectivity index (χ1) is 16.7. The summed E-state index contributed by atoms with van der Waals surface area (Å²) in [6.45, 7) is 4.96. The van der Waals surface area contributed by atoms with Gasteiger partial charge in [-0.05, 0) is 35.2 Å². The Labute approximate surface area is 198 Å². The molecule has 3 aromatic rings. The van der Waals surface area contributed by atoms with Gasteiger partial charge in [0, 0.05) is 32.1 Å². The minimum absolute atomic E-state index is 0.195. The maximum atomic E-state index is 10.6. The van der Waals surface area contributed by atoms with Crippen molar-refractivity contribution < 1.29 is 33.4 Å². The number of hydrogen-bond donors (Lipinski definition) is 1. The van der Waals surface area contributed by atoms with E-state index >= 15 is 0 Å². The van der Waals surface area contributed by atoms with Crippen molar-refractivity contribution in [3.05, 3.63) is 42.1 Å². The maximum Gasteiger partial charge on any atom is 0.231 e. The van der Waals surface area contributed by atoms with E-state index in [1.807, 2.05) is 12.1 Å². The molecule has 8 heteroatoms. The summed E-state index contributed by atoms with van der Waals surface area (Å²) in [5.74, 6) is 2.93. The third-order valence-corrected chi connectivity index (χ3v) is 6.79. The summed E-state index contributed by atoms with van der Waals surface area (Å²) in [5, 5.41) is 12.6. The molecule has 8 nitrogen and oxygen atoms in total. The van der Waals surface area contributed by atoms with Crippen LogP contribution in [-0.2, 0) is 17.7 Å². The van der Waals surface area contributed by atoms with Crippen LogP contribution in [0.25, 0.3) is 22.0 Å². The van der Waals surface area contributed by atoms with E-state index in [0.29, 0.717) is 31.3 Å². The van der Waals surface area contributed by atoms with E-state index in [9.17, 15) is 5.11 Å². The summed E-state index contributed by atoms with van der Waals surface area (Å²) in [4.78, 5) is 2.20. The van der Waals surface area contributed by atoms with E-state index in [0.717, 1.165) is 59.6 Å². The molecule has 1 fully saturated rings. The Hall–Kier alpha value is -3.07. The van der Waals surface area contributed by atoms with Crippen LogP contribution in [0.5, 0.6) is 23.0 Å². The molecular formula is C26H29N2O6+. The fourth-order valence-electron chi connectivity index (χ4n) is 5.02. The molecule has 0 radical (unpaired) electrons. The highest BCUT2D eigenvalue weighted by atomic mass is 16.7. The number of morpholine rings is 1. The highest BCUT2D eigenvalue weighted by Crippen LogP contribution is 2.41. The molecule has 2 aromatic carbocycles. The zero-order valence-corrected chi connectivity index (χ0v) is 19.3. The molecule has 0 saturated carbocycles. The molecule has 0 amide bonds. The Kier molecular flexibility index (Phi) is 5.64. The summed E-state index contributed by atoms with van der Waals surface area (Å²) in [5.41, 5.74) is 3.56. The number of rotatable bonds is 6. The fraction of sp³-hybridized carbons (Fsp3) is 0.423. The summed E-state index contributed by atoms with van der Waals surface area (Å²) >= 11 is 0. The molecule has 178 valence electrons. The van der Waals surface area contributed by atoms with Crippen LogP contribution in [0.1, 0.15) is 5.56 Å². The van der Waals surface area contributed by atoms with Crippen LogP contribution in [0, 0.1) is 0 Å². The van der Waals surface area contributed by atoms with Gasteiger partial charge in [-0.25, -0.2) is 0 Å². The molecule has 34 heavy (non-hydrogen) atoms. The van der Waals surface area contributed by atoms with Crippen molar-refractivity contribution in [2.45, 2.75) is 19.1 Å². The Balaban J connectivity index is 1.31. The van der Waals surface area contributed by atoms with Crippen LogP contribution < -0.4 is 23.5 Å². The normalized spacial score (nSPS) is 17.8. The Bertz CT molecular complexity index is 1220. The SMILES string of the molecule is COc1ccc2cc3[n+](cc2c1OCC(O)CN1CCOCC1)CCc1cc2c(cc1-3)OCO2. The lowest BCUT2D eigenvalue weighted by molar-refractivity contribution is -0.686. The summed E-state index contributed by atoms with van der Waals surface area (Å²) in [7, 11) is 1.64. The van der Waals surface area contributed by atoms with Crippen LogP contribution in [0.2, 0.25) is 0 Å². The molecule has 1 atom stereocenters. The molecule has 0 spiro atoms. The smallest absolute Gasteiger partial charge is 0.231 e. The van der Waals surface area contributed by atoms with Gasteiger partial charge in [0.1, 0.15) is 12.7 Å². The summed E-state index contributed by atoms with van der Waals surface area (Å²) in [6.07, 6.45) is 2.44. The molecular weight excluding hydrogens is 436 g/mol. The predicted octanol–water partition coefficient (Wildman–Crippen LogP) is 2.16. The molecule has 0 bridgehead atoms. The Morgan fingerprint density at radius 2 is 1.94 bits per heavy atom. The molecule has 3 aliphatic heterocycles. The first-order valence-corrected chi connectivity index (χ1v) is 11.8. The second kappa shape index (κ2) is 8.94. The number of nitrogens with zero attached hydrogens (tertiary/aromatic N) is 2. The van der Waals surface area contributed by atoms with Crippen molar-refractivity contribution in [1.29, 1.82) is 0 Å². The molecule has 3 aliphatic rings. The maximum absolute atomic E-state index is 10.6. The standard InChI is InChI=1S/C26H29N2O6/c1-30-23-3-2-17-10-22-20-12-25-24(33-16-34-25)11-18(20)4-5-28(22)14-21(17)26(23)32-15-19(29)13-27-6-8-31-9-7-27/h2-3,10-12,14,19,29H,4-9,13,15-16H2,1H3/q+1. The minimum Gasteiger partial charge on any atom is -0.493 e. The van der Waals surface area contributed by atoms with E-state index in [1.165, 1.54) is 5.56 Å². The van der Waals surface area contributed by atoms with Gasteiger partial charge in [0.25, 0.3) is 0 Å². The van der Waals surface area contributed by atoms with Crippen LogP contribution in [0.4, 0.5) is 0 Å². The summed E-state index contributed by atoms with van der Waals surface area (Å²) < 4.78 is 30.6. The molecule has 6 rings (SSSR count). The number of methoxy groups -OCH3 is 1. The lowest BCUT2D eigenvalue weighted by Gasteiger charge is -2.28. The van der Waals surface area contributed by atoms with Crippen LogP contribution in [0.15, 0.2) is 36.5 Å². The van der Waals surface area contributed by atoms with Crippen LogP contribution >= 0.6 is 0 Å². The molecule has 1 N–H and O–H groups in total. The van der Waals surface area contributed by atoms with E-state index in [4.69, 9.17) is 23.7 Å². The minimum atomic E-state index is -0.598. The third kappa shape index (κ3) is 3.91. The van der Waals surface area contributed by atoms with Crippen molar-refractivity contribution in [3.63, 3.8) is 0 Å². The van der Waals surface area contributed by atoms with E-state index in [-0.39, 0.29) is 13.4 Å². The second-order valence-electron chi connectivity index (χ2n) is 8.94. The fourth-order valence-corrected chi connectivity index (χ4v) is 5.02. The predicted molar refractivity (Wildman–Crippen MR) is 125 cm³/mol. The molecule has 1 unspecified atom stereocenters. The van der Waals surface area contributed by atoms with Gasteiger partial charge in [0.05, 0.1) is 31.3 Å². The molecule has 1 aromatic heterocycles. The first-order valence-electron chi connectivity index (χ1n) is 11.8. The average Bonchev–Trinajstić information content (AvgIpc) is 3.33. The summed E-state index contributed by atoms with van der Waals surface area (Å²) in [6, 6.07) is 10.3. The van der Waals surface area contributed by atoms with Crippen molar-refractivity contribution in [3.8, 4) is 34.3 Å². The number of aryl methyl sites for hydroxylation is 2. The van der Waals surface area contributed by atoms with Gasteiger partial charge < -0.3 is 28.8 Å². The number of aliphatic hydroxyl groups excluding tert-OH is 1. The number of aromatic nitrogens is 1. The quantitative estimate of drug-likeness (QED) is 0.560. The molecule has 4 heterocycles. The number of hydrogen-bond acceptors (Lipinski definition) is 7. The largest absolute Gasteiger partial charge is 0.493 e. The number of aliphatic hydroxyl groups is 1. The van der Waals surface area contributed by atoms with Crippen molar-refractivity contribution in [2.75, 3.05) is 53.4 Å². The number of ether oxygens (including phenoxy) is 5. The van der Waals surface area contributed by atoms with E-state index in [2.05, 4.69) is 33.9 Å². The van der Waals surface area contributed by atoms with Crippen LogP contribution in [-0.4, -0.2) is 69.5 Å². The van der Waals surface area contributed by atoms with Gasteiger partial charge in [-0.2, -0.15) is 4.57 Å². The Morgan fingerprint density at radius 1 is 1.12 bits per heavy atom.